The van der Waals surface area contributed by atoms with Crippen LogP contribution in [0.3, 0.4) is 0 Å². The van der Waals surface area contributed by atoms with Crippen LogP contribution >= 0.6 is 0 Å². The predicted molar refractivity (Wildman–Crippen MR) is 207 cm³/mol. The molecule has 3 aliphatic rings. The first-order valence-corrected chi connectivity index (χ1v) is 21.6. The van der Waals surface area contributed by atoms with Gasteiger partial charge in [-0.15, -0.1) is 0 Å². The standard InChI is InChI=1S/C44H78O8/c1-9-10-11-12-13-14-15-16-17-18-19-20-21-22-23-24-25-26-38(47)50-37-28-30-44(8,52-34(5)46)41-39-35(32(2)3)27-29-43(7,51-33(4)45)40(39)36(49-41)31-42(37,6)48/h32,35-37,39-41,48H,9-31H2,1-8H3/t35-,36-,37+,39-,40-,41-,42+,43-,44-/m0/s1. The van der Waals surface area contributed by atoms with Crippen molar-refractivity contribution in [3.8, 4) is 0 Å². The molecule has 0 aromatic carbocycles. The molecule has 2 saturated heterocycles. The number of hydrogen-bond donors (Lipinski definition) is 1. The summed E-state index contributed by atoms with van der Waals surface area (Å²) in [5.74, 6) is -0.692. The molecule has 0 amide bonds. The Hall–Kier alpha value is -1.67. The molecule has 2 bridgehead atoms. The summed E-state index contributed by atoms with van der Waals surface area (Å²) in [6.45, 7) is 15.2. The third-order valence-electron chi connectivity index (χ3n) is 12.8. The van der Waals surface area contributed by atoms with E-state index >= 15 is 0 Å². The molecule has 8 nitrogen and oxygen atoms in total. The van der Waals surface area contributed by atoms with Crippen LogP contribution in [0.25, 0.3) is 0 Å². The van der Waals surface area contributed by atoms with E-state index < -0.39 is 41.1 Å². The van der Waals surface area contributed by atoms with Crippen LogP contribution in [0.2, 0.25) is 0 Å². The molecule has 8 heteroatoms. The second-order valence-electron chi connectivity index (χ2n) is 17.9. The fourth-order valence-corrected chi connectivity index (χ4v) is 10.1. The van der Waals surface area contributed by atoms with E-state index in [0.717, 1.165) is 25.7 Å². The molecule has 2 heterocycles. The highest BCUT2D eigenvalue weighted by Gasteiger charge is 2.65. The Bertz CT molecular complexity index is 1090. The lowest BCUT2D eigenvalue weighted by Gasteiger charge is -2.51. The summed E-state index contributed by atoms with van der Waals surface area (Å²) in [6.07, 6.45) is 22.9. The molecular weight excluding hydrogens is 656 g/mol. The van der Waals surface area contributed by atoms with Crippen molar-refractivity contribution in [3.05, 3.63) is 0 Å². The molecule has 52 heavy (non-hydrogen) atoms. The van der Waals surface area contributed by atoms with Crippen LogP contribution in [-0.4, -0.2) is 58.1 Å². The maximum Gasteiger partial charge on any atom is 0.306 e. The quantitative estimate of drug-likeness (QED) is 0.0665. The summed E-state index contributed by atoms with van der Waals surface area (Å²) in [5, 5.41) is 12.1. The number of unbranched alkanes of at least 4 members (excludes halogenated alkanes) is 16. The van der Waals surface area contributed by atoms with E-state index in [-0.39, 0.29) is 36.1 Å². The Labute approximate surface area is 317 Å². The molecule has 0 aromatic rings. The van der Waals surface area contributed by atoms with Crippen molar-refractivity contribution in [2.45, 2.75) is 238 Å². The Balaban J connectivity index is 1.51. The first-order valence-electron chi connectivity index (χ1n) is 21.6. The van der Waals surface area contributed by atoms with Crippen molar-refractivity contribution >= 4 is 17.9 Å². The molecule has 2 aliphatic heterocycles. The van der Waals surface area contributed by atoms with Gasteiger partial charge in [-0.2, -0.15) is 0 Å². The number of esters is 3. The van der Waals surface area contributed by atoms with Gasteiger partial charge in [-0.25, -0.2) is 0 Å². The highest BCUT2D eigenvalue weighted by atomic mass is 16.6. The third kappa shape index (κ3) is 13.3. The molecule has 9 atom stereocenters. The fraction of sp³-hybridized carbons (Fsp3) is 0.932. The number of hydrogen-bond acceptors (Lipinski definition) is 8. The summed E-state index contributed by atoms with van der Waals surface area (Å²) < 4.78 is 25.2. The lowest BCUT2D eigenvalue weighted by atomic mass is 9.57. The molecule has 0 spiro atoms. The van der Waals surface area contributed by atoms with E-state index in [0.29, 0.717) is 31.6 Å². The largest absolute Gasteiger partial charge is 0.459 e. The van der Waals surface area contributed by atoms with E-state index in [1.165, 1.54) is 104 Å². The topological polar surface area (TPSA) is 108 Å². The van der Waals surface area contributed by atoms with Crippen LogP contribution in [0.1, 0.15) is 203 Å². The summed E-state index contributed by atoms with van der Waals surface area (Å²) in [7, 11) is 0. The van der Waals surface area contributed by atoms with E-state index in [9.17, 15) is 19.5 Å². The van der Waals surface area contributed by atoms with Gasteiger partial charge in [-0.3, -0.25) is 14.4 Å². The van der Waals surface area contributed by atoms with E-state index in [1.54, 1.807) is 6.92 Å². The molecule has 1 N–H and O–H groups in total. The maximum absolute atomic E-state index is 13.2. The van der Waals surface area contributed by atoms with Crippen molar-refractivity contribution in [3.63, 3.8) is 0 Å². The van der Waals surface area contributed by atoms with Crippen LogP contribution in [0.4, 0.5) is 0 Å². The number of aliphatic hydroxyl groups is 1. The highest BCUT2D eigenvalue weighted by molar-refractivity contribution is 5.69. The number of carbonyl (C=O) groups excluding carboxylic acids is 3. The van der Waals surface area contributed by atoms with Gasteiger partial charge in [0.25, 0.3) is 0 Å². The van der Waals surface area contributed by atoms with Crippen molar-refractivity contribution < 1.29 is 38.4 Å². The summed E-state index contributed by atoms with van der Waals surface area (Å²) in [6, 6.07) is 0. The molecule has 1 saturated carbocycles. The second kappa shape index (κ2) is 21.4. The van der Waals surface area contributed by atoms with Gasteiger partial charge in [0.15, 0.2) is 0 Å². The van der Waals surface area contributed by atoms with Gasteiger partial charge in [0.1, 0.15) is 29.0 Å². The Morgan fingerprint density at radius 2 is 1.17 bits per heavy atom. The molecule has 3 fully saturated rings. The first kappa shape index (κ1) is 44.7. The van der Waals surface area contributed by atoms with Crippen LogP contribution in [0, 0.1) is 23.7 Å². The molecule has 1 aliphatic carbocycles. The summed E-state index contributed by atoms with van der Waals surface area (Å²) >= 11 is 0. The van der Waals surface area contributed by atoms with Gasteiger partial charge in [0.2, 0.25) is 0 Å². The van der Waals surface area contributed by atoms with Crippen LogP contribution in [0.15, 0.2) is 0 Å². The van der Waals surface area contributed by atoms with Crippen LogP contribution in [-0.2, 0) is 33.3 Å². The number of rotatable bonds is 22. The maximum atomic E-state index is 13.2. The number of ether oxygens (including phenoxy) is 4. The third-order valence-corrected chi connectivity index (χ3v) is 12.8. The van der Waals surface area contributed by atoms with Gasteiger partial charge < -0.3 is 24.1 Å². The van der Waals surface area contributed by atoms with Crippen molar-refractivity contribution in [1.29, 1.82) is 0 Å². The molecule has 0 unspecified atom stereocenters. The summed E-state index contributed by atoms with van der Waals surface area (Å²) in [5.41, 5.74) is -3.20. The normalized spacial score (nSPS) is 33.1. The minimum atomic E-state index is -1.39. The van der Waals surface area contributed by atoms with E-state index in [2.05, 4.69) is 20.8 Å². The van der Waals surface area contributed by atoms with Crippen molar-refractivity contribution in [2.75, 3.05) is 0 Å². The lowest BCUT2D eigenvalue weighted by Crippen LogP contribution is -2.58. The molecule has 3 rings (SSSR count). The Morgan fingerprint density at radius 3 is 1.65 bits per heavy atom. The zero-order valence-corrected chi connectivity index (χ0v) is 34.6. The van der Waals surface area contributed by atoms with Crippen molar-refractivity contribution in [1.82, 2.24) is 0 Å². The first-order chi connectivity index (χ1) is 24.6. The number of carbonyl (C=O) groups is 3. The van der Waals surface area contributed by atoms with Gasteiger partial charge in [-0.1, -0.05) is 124 Å². The van der Waals surface area contributed by atoms with Gasteiger partial charge in [-0.05, 0) is 64.7 Å². The van der Waals surface area contributed by atoms with Gasteiger partial charge in [0.05, 0.1) is 6.10 Å². The van der Waals surface area contributed by atoms with Crippen LogP contribution < -0.4 is 0 Å². The minimum Gasteiger partial charge on any atom is -0.459 e. The highest BCUT2D eigenvalue weighted by Crippen LogP contribution is 2.58. The molecule has 302 valence electrons. The average molecular weight is 735 g/mol. The zero-order valence-electron chi connectivity index (χ0n) is 34.6. The van der Waals surface area contributed by atoms with Crippen molar-refractivity contribution in [2.24, 2.45) is 23.7 Å². The van der Waals surface area contributed by atoms with E-state index in [1.807, 2.05) is 13.8 Å². The smallest absolute Gasteiger partial charge is 0.306 e. The fourth-order valence-electron chi connectivity index (χ4n) is 10.1. The van der Waals surface area contributed by atoms with Gasteiger partial charge >= 0.3 is 17.9 Å². The summed E-state index contributed by atoms with van der Waals surface area (Å²) in [4.78, 5) is 38.2. The second-order valence-corrected chi connectivity index (χ2v) is 17.9. The average Bonchev–Trinajstić information content (AvgIpc) is 3.44. The minimum absolute atomic E-state index is 0.0398. The van der Waals surface area contributed by atoms with Crippen LogP contribution in [0.5, 0.6) is 0 Å². The Kier molecular flexibility index (Phi) is 18.4. The predicted octanol–water partition coefficient (Wildman–Crippen LogP) is 10.6. The lowest BCUT2D eigenvalue weighted by molar-refractivity contribution is -0.185. The Morgan fingerprint density at radius 1 is 0.712 bits per heavy atom. The SMILES string of the molecule is CCCCCCCCCCCCCCCCCCCC(=O)O[C@@H]1CC[C@](C)(OC(C)=O)[C@H]2O[C@@H](C[C@@]1(C)O)[C@H]1[C@@H]2[C@H](C(C)C)CC[C@]1(C)OC(C)=O. The zero-order chi connectivity index (χ0) is 38.4. The monoisotopic (exact) mass is 735 g/mol. The number of fused-ring (bicyclic) bond motifs is 5. The van der Waals surface area contributed by atoms with Gasteiger partial charge in [0, 0.05) is 38.5 Å². The molecule has 0 aromatic heterocycles. The molecular formula is C44H78O8. The molecule has 0 radical (unpaired) electrons. The van der Waals surface area contributed by atoms with E-state index in [4.69, 9.17) is 18.9 Å².